The molecule has 1 aromatic heterocycles. The lowest BCUT2D eigenvalue weighted by Gasteiger charge is -2.13. The summed E-state index contributed by atoms with van der Waals surface area (Å²) in [5, 5.41) is 19.2. The molecule has 2 heterocycles. The quantitative estimate of drug-likeness (QED) is 0.0984. The highest BCUT2D eigenvalue weighted by Crippen LogP contribution is 2.25. The van der Waals surface area contributed by atoms with Crippen molar-refractivity contribution in [2.45, 2.75) is 13.2 Å². The molecule has 16 heteroatoms. The average molecular weight is 444 g/mol. The van der Waals surface area contributed by atoms with Crippen LogP contribution in [0.5, 0.6) is 0 Å². The first-order valence-electron chi connectivity index (χ1n) is 8.30. The molecule has 1 aliphatic rings. The fourth-order valence-corrected chi connectivity index (χ4v) is 2.51. The van der Waals surface area contributed by atoms with E-state index in [9.17, 15) is 29.3 Å². The van der Waals surface area contributed by atoms with Crippen LogP contribution in [-0.4, -0.2) is 72.7 Å². The SMILES string of the molecule is O=C(CCN1C(=O)C=CC1=O)NCCNC(=O)c1cc([N+](=O)[O-])nn1COP(O)O. The van der Waals surface area contributed by atoms with Crippen molar-refractivity contribution in [2.24, 2.45) is 0 Å². The molecule has 0 fully saturated rings. The van der Waals surface area contributed by atoms with E-state index < -0.39 is 49.7 Å². The summed E-state index contributed by atoms with van der Waals surface area (Å²) >= 11 is 0. The molecule has 0 saturated carbocycles. The van der Waals surface area contributed by atoms with Gasteiger partial charge in [0, 0.05) is 38.2 Å². The van der Waals surface area contributed by atoms with Gasteiger partial charge in [0.05, 0.1) is 11.2 Å². The topological polar surface area (TPSA) is 206 Å². The normalized spacial score (nSPS) is 13.2. The Bertz CT molecular complexity index is 865. The molecule has 0 aliphatic carbocycles. The fraction of sp³-hybridized carbons (Fsp3) is 0.357. The fourth-order valence-electron chi connectivity index (χ4n) is 2.30. The average Bonchev–Trinajstić information content (AvgIpc) is 3.25. The number of nitrogens with one attached hydrogen (secondary N) is 2. The van der Waals surface area contributed by atoms with Gasteiger partial charge in [0.2, 0.25) is 5.91 Å². The lowest BCUT2D eigenvalue weighted by atomic mass is 10.3. The second kappa shape index (κ2) is 10.5. The molecule has 30 heavy (non-hydrogen) atoms. The predicted octanol–water partition coefficient (Wildman–Crippen LogP) is -1.86. The number of carbonyl (C=O) groups excluding carboxylic acids is 4. The maximum absolute atomic E-state index is 12.2. The molecule has 2 rings (SSSR count). The molecule has 0 saturated heterocycles. The van der Waals surface area contributed by atoms with Gasteiger partial charge in [0.1, 0.15) is 0 Å². The van der Waals surface area contributed by atoms with Crippen LogP contribution >= 0.6 is 8.60 Å². The molecule has 0 spiro atoms. The van der Waals surface area contributed by atoms with E-state index in [4.69, 9.17) is 9.79 Å². The number of carbonyl (C=O) groups is 4. The maximum Gasteiger partial charge on any atom is 0.390 e. The third-order valence-corrected chi connectivity index (χ3v) is 4.02. The Kier molecular flexibility index (Phi) is 8.06. The largest absolute Gasteiger partial charge is 0.390 e. The van der Waals surface area contributed by atoms with E-state index in [1.165, 1.54) is 0 Å². The maximum atomic E-state index is 12.2. The Balaban J connectivity index is 1.78. The molecule has 1 aliphatic heterocycles. The minimum Gasteiger partial charge on any atom is -0.358 e. The van der Waals surface area contributed by atoms with Crippen LogP contribution in [0, 0.1) is 10.1 Å². The van der Waals surface area contributed by atoms with Crippen molar-refractivity contribution in [3.8, 4) is 0 Å². The van der Waals surface area contributed by atoms with Crippen LogP contribution in [0.4, 0.5) is 5.82 Å². The summed E-state index contributed by atoms with van der Waals surface area (Å²) in [6, 6.07) is 0.881. The third kappa shape index (κ3) is 6.38. The van der Waals surface area contributed by atoms with Crippen molar-refractivity contribution in [2.75, 3.05) is 19.6 Å². The number of amides is 4. The van der Waals surface area contributed by atoms with Crippen molar-refractivity contribution in [3.63, 3.8) is 0 Å². The van der Waals surface area contributed by atoms with Crippen LogP contribution < -0.4 is 10.6 Å². The Hall–Kier alpha value is -3.26. The third-order valence-electron chi connectivity index (χ3n) is 3.68. The Labute approximate surface area is 169 Å². The number of rotatable bonds is 11. The van der Waals surface area contributed by atoms with Crippen molar-refractivity contribution in [3.05, 3.63) is 34.0 Å². The van der Waals surface area contributed by atoms with Gasteiger partial charge < -0.3 is 30.5 Å². The van der Waals surface area contributed by atoms with Gasteiger partial charge in [-0.05, 0) is 4.92 Å². The highest BCUT2D eigenvalue weighted by Gasteiger charge is 2.25. The molecule has 4 amide bonds. The summed E-state index contributed by atoms with van der Waals surface area (Å²) in [4.78, 5) is 75.2. The molecular formula is C14H17N6O9P. The van der Waals surface area contributed by atoms with Crippen LogP contribution in [-0.2, 0) is 25.6 Å². The Morgan fingerprint density at radius 1 is 1.20 bits per heavy atom. The molecule has 0 atom stereocenters. The zero-order valence-electron chi connectivity index (χ0n) is 15.3. The molecule has 4 N–H and O–H groups in total. The monoisotopic (exact) mass is 444 g/mol. The number of nitro groups is 1. The van der Waals surface area contributed by atoms with Gasteiger partial charge in [-0.1, -0.05) is 0 Å². The molecule has 1 aromatic rings. The van der Waals surface area contributed by atoms with Gasteiger partial charge in [-0.3, -0.25) is 28.6 Å². The zero-order valence-corrected chi connectivity index (χ0v) is 16.2. The standard InChI is InChI=1S/C14H17N6O9P/c21-11(3-6-18-12(22)1-2-13(18)23)15-4-5-16-14(24)9-7-10(20(25)26)17-19(9)8-29-30(27)28/h1-2,7,27-28H,3-6,8H2,(H,15,21)(H,16,24). The van der Waals surface area contributed by atoms with Gasteiger partial charge in [0.15, 0.2) is 12.4 Å². The molecule has 15 nitrogen and oxygen atoms in total. The second-order valence-electron chi connectivity index (χ2n) is 5.67. The molecule has 0 radical (unpaired) electrons. The van der Waals surface area contributed by atoms with E-state index >= 15 is 0 Å². The van der Waals surface area contributed by atoms with Crippen molar-refractivity contribution >= 4 is 38.0 Å². The van der Waals surface area contributed by atoms with Crippen LogP contribution in [0.2, 0.25) is 0 Å². The van der Waals surface area contributed by atoms with Crippen LogP contribution in [0.15, 0.2) is 18.2 Å². The second-order valence-corrected chi connectivity index (χ2v) is 6.44. The zero-order chi connectivity index (χ0) is 22.3. The number of hydrogen-bond acceptors (Lipinski definition) is 10. The first-order valence-corrected chi connectivity index (χ1v) is 9.47. The van der Waals surface area contributed by atoms with Crippen LogP contribution in [0.1, 0.15) is 16.9 Å². The van der Waals surface area contributed by atoms with Gasteiger partial charge in [-0.25, -0.2) is 0 Å². The first kappa shape index (κ1) is 23.0. The lowest BCUT2D eigenvalue weighted by molar-refractivity contribution is -0.389. The summed E-state index contributed by atoms with van der Waals surface area (Å²) < 4.78 is 5.30. The Morgan fingerprint density at radius 2 is 1.83 bits per heavy atom. The van der Waals surface area contributed by atoms with E-state index in [0.717, 1.165) is 27.8 Å². The first-order chi connectivity index (χ1) is 14.2. The van der Waals surface area contributed by atoms with Crippen molar-refractivity contribution in [1.29, 1.82) is 0 Å². The van der Waals surface area contributed by atoms with Gasteiger partial charge in [0.25, 0.3) is 17.7 Å². The molecule has 0 unspecified atom stereocenters. The van der Waals surface area contributed by atoms with Gasteiger partial charge in [-0.15, -0.1) is 4.68 Å². The van der Waals surface area contributed by atoms with E-state index in [2.05, 4.69) is 20.3 Å². The van der Waals surface area contributed by atoms with E-state index in [1.807, 2.05) is 0 Å². The highest BCUT2D eigenvalue weighted by molar-refractivity contribution is 7.39. The van der Waals surface area contributed by atoms with Gasteiger partial charge >= 0.3 is 14.4 Å². The van der Waals surface area contributed by atoms with E-state index in [0.29, 0.717) is 0 Å². The van der Waals surface area contributed by atoms with Crippen molar-refractivity contribution < 1.29 is 38.4 Å². The predicted molar refractivity (Wildman–Crippen MR) is 97.1 cm³/mol. The van der Waals surface area contributed by atoms with Crippen LogP contribution in [0.25, 0.3) is 0 Å². The molecule has 0 aromatic carbocycles. The van der Waals surface area contributed by atoms with Gasteiger partial charge in [-0.2, -0.15) is 0 Å². The summed E-state index contributed by atoms with van der Waals surface area (Å²) in [6.07, 6.45) is 2.10. The smallest absolute Gasteiger partial charge is 0.358 e. The van der Waals surface area contributed by atoms with E-state index in [1.54, 1.807) is 0 Å². The summed E-state index contributed by atoms with van der Waals surface area (Å²) in [5.41, 5.74) is -0.261. The van der Waals surface area contributed by atoms with Crippen LogP contribution in [0.3, 0.4) is 0 Å². The summed E-state index contributed by atoms with van der Waals surface area (Å²) in [7, 11) is -2.76. The van der Waals surface area contributed by atoms with E-state index in [-0.39, 0.29) is 31.7 Å². The minimum atomic E-state index is -2.76. The highest BCUT2D eigenvalue weighted by atomic mass is 31.2. The molecule has 162 valence electrons. The molecular weight excluding hydrogens is 427 g/mol. The number of hydrogen-bond donors (Lipinski definition) is 4. The Morgan fingerprint density at radius 3 is 2.43 bits per heavy atom. The number of aromatic nitrogens is 2. The summed E-state index contributed by atoms with van der Waals surface area (Å²) in [6.45, 7) is -0.713. The summed E-state index contributed by atoms with van der Waals surface area (Å²) in [5.74, 6) is -2.86. The van der Waals surface area contributed by atoms with Crippen molar-refractivity contribution in [1.82, 2.24) is 25.3 Å². The number of nitrogens with zero attached hydrogens (tertiary/aromatic N) is 4. The lowest BCUT2D eigenvalue weighted by Crippen LogP contribution is -2.38. The molecule has 0 bridgehead atoms. The number of imide groups is 1. The minimum absolute atomic E-state index is 0.00995.